The molecule has 0 aromatic rings. The van der Waals surface area contributed by atoms with Crippen LogP contribution in [-0.4, -0.2) is 5.78 Å². The van der Waals surface area contributed by atoms with Gasteiger partial charge in [0.2, 0.25) is 0 Å². The molecule has 13 heavy (non-hydrogen) atoms. The number of hydrogen-bond donors (Lipinski definition) is 0. The summed E-state index contributed by atoms with van der Waals surface area (Å²) in [5.41, 5.74) is 0. The second kappa shape index (κ2) is 17.7. The van der Waals surface area contributed by atoms with Crippen LogP contribution in [0.15, 0.2) is 0 Å². The van der Waals surface area contributed by atoms with Gasteiger partial charge >= 0.3 is 0 Å². The zero-order chi connectivity index (χ0) is 11.3. The molecule has 0 heterocycles. The summed E-state index contributed by atoms with van der Waals surface area (Å²) in [6.07, 6.45) is 4.08. The number of hydrogen-bond acceptors (Lipinski definition) is 1. The number of rotatable bonds is 3. The Bertz CT molecular complexity index is 83.1. The van der Waals surface area contributed by atoms with Crippen molar-refractivity contribution in [2.24, 2.45) is 5.92 Å². The van der Waals surface area contributed by atoms with Gasteiger partial charge in [-0.2, -0.15) is 0 Å². The molecule has 0 fully saturated rings. The van der Waals surface area contributed by atoms with Gasteiger partial charge in [0.1, 0.15) is 5.78 Å². The minimum atomic E-state index is 0.167. The van der Waals surface area contributed by atoms with Gasteiger partial charge < -0.3 is 4.79 Å². The number of carbonyl (C=O) groups excluding carboxylic acids is 1. The highest BCUT2D eigenvalue weighted by atomic mass is 16.1. The van der Waals surface area contributed by atoms with Crippen molar-refractivity contribution < 1.29 is 4.79 Å². The highest BCUT2D eigenvalue weighted by Gasteiger charge is 1.92. The molecule has 0 bridgehead atoms. The minimum absolute atomic E-state index is 0.167. The Hall–Kier alpha value is -0.330. The molecule has 0 aromatic carbocycles. The zero-order valence-corrected chi connectivity index (χ0v) is 10.6. The topological polar surface area (TPSA) is 17.1 Å². The smallest absolute Gasteiger partial charge is 0.126 e. The molecule has 0 spiro atoms. The first-order chi connectivity index (χ1) is 6.04. The predicted octanol–water partition coefficient (Wildman–Crippen LogP) is 4.45. The van der Waals surface area contributed by atoms with Gasteiger partial charge in [0.25, 0.3) is 0 Å². The van der Waals surface area contributed by atoms with E-state index in [-0.39, 0.29) is 5.78 Å². The van der Waals surface area contributed by atoms with Crippen LogP contribution in [0, 0.1) is 5.92 Å². The fourth-order valence-electron chi connectivity index (χ4n) is 0.697. The van der Waals surface area contributed by atoms with Crippen molar-refractivity contribution in [1.82, 2.24) is 0 Å². The summed E-state index contributed by atoms with van der Waals surface area (Å²) in [5.74, 6) is 1.12. The van der Waals surface area contributed by atoms with Crippen molar-refractivity contribution in [3.63, 3.8) is 0 Å². The first kappa shape index (κ1) is 18.5. The van der Waals surface area contributed by atoms with E-state index < -0.39 is 0 Å². The van der Waals surface area contributed by atoms with Crippen molar-refractivity contribution in [2.45, 2.75) is 67.7 Å². The first-order valence-corrected chi connectivity index (χ1v) is 5.51. The monoisotopic (exact) mass is 188 g/mol. The molecule has 0 aromatic heterocycles. The maximum Gasteiger partial charge on any atom is 0.126 e. The van der Waals surface area contributed by atoms with Crippen LogP contribution in [0.5, 0.6) is 0 Å². The van der Waals surface area contributed by atoms with E-state index in [1.54, 1.807) is 0 Å². The van der Waals surface area contributed by atoms with Crippen molar-refractivity contribution >= 4 is 5.78 Å². The van der Waals surface area contributed by atoms with Crippen LogP contribution in [0.3, 0.4) is 0 Å². The van der Waals surface area contributed by atoms with Crippen LogP contribution < -0.4 is 0 Å². The molecule has 0 N–H and O–H groups in total. The van der Waals surface area contributed by atoms with Gasteiger partial charge in [-0.15, -0.1) is 0 Å². The Labute approximate surface area is 84.9 Å². The van der Waals surface area contributed by atoms with E-state index in [1.807, 2.05) is 13.8 Å². The molecular formula is C12H28O. The summed E-state index contributed by atoms with van der Waals surface area (Å²) in [6, 6.07) is 0. The maximum absolute atomic E-state index is 9.44. The maximum atomic E-state index is 9.44. The van der Waals surface area contributed by atoms with Crippen molar-refractivity contribution in [3.8, 4) is 0 Å². The highest BCUT2D eigenvalue weighted by molar-refractivity contribution is 5.72. The molecule has 82 valence electrons. The predicted molar refractivity (Wildman–Crippen MR) is 62.1 cm³/mol. The zero-order valence-electron chi connectivity index (χ0n) is 10.6. The van der Waals surface area contributed by atoms with E-state index in [1.165, 1.54) is 33.1 Å². The van der Waals surface area contributed by atoms with E-state index in [0.717, 1.165) is 5.92 Å². The molecule has 0 radical (unpaired) electrons. The van der Waals surface area contributed by atoms with Crippen molar-refractivity contribution in [2.75, 3.05) is 0 Å². The second-order valence-electron chi connectivity index (χ2n) is 3.21. The van der Waals surface area contributed by atoms with E-state index >= 15 is 0 Å². The number of Topliss-reactive ketones (excluding diaryl/α,β-unsaturated/α-hetero) is 1. The molecule has 1 unspecified atom stereocenters. The Morgan fingerprint density at radius 3 is 1.54 bits per heavy atom. The van der Waals surface area contributed by atoms with E-state index in [4.69, 9.17) is 0 Å². The van der Waals surface area contributed by atoms with Crippen LogP contribution >= 0.6 is 0 Å². The molecular weight excluding hydrogens is 160 g/mol. The first-order valence-electron chi connectivity index (χ1n) is 5.51. The standard InChI is InChI=1S/C7H16.C3H6O.C2H6/c1-4-6-7(3)5-2;1-3(2)4;1-2/h7H,4-6H2,1-3H3;1-2H3;1-2H3. The van der Waals surface area contributed by atoms with Crippen LogP contribution in [-0.2, 0) is 4.79 Å². The third-order valence-electron chi connectivity index (χ3n) is 1.48. The third-order valence-corrected chi connectivity index (χ3v) is 1.48. The lowest BCUT2D eigenvalue weighted by atomic mass is 10.0. The lowest BCUT2D eigenvalue weighted by molar-refractivity contribution is -0.114. The summed E-state index contributed by atoms with van der Waals surface area (Å²) >= 11 is 0. The van der Waals surface area contributed by atoms with Gasteiger partial charge in [-0.05, 0) is 19.8 Å². The molecule has 0 saturated carbocycles. The largest absolute Gasteiger partial charge is 0.300 e. The number of ketones is 1. The fraction of sp³-hybridized carbons (Fsp3) is 0.917. The van der Waals surface area contributed by atoms with Crippen molar-refractivity contribution in [3.05, 3.63) is 0 Å². The molecule has 1 heteroatoms. The molecule has 0 amide bonds. The molecule has 1 nitrogen and oxygen atoms in total. The third kappa shape index (κ3) is 50.0. The molecule has 0 saturated heterocycles. The quantitative estimate of drug-likeness (QED) is 0.639. The van der Waals surface area contributed by atoms with Crippen LogP contribution in [0.1, 0.15) is 67.7 Å². The average molecular weight is 188 g/mol. The second-order valence-corrected chi connectivity index (χ2v) is 3.21. The SMILES string of the molecule is CC.CC(C)=O.CCCC(C)CC. The summed E-state index contributed by atoms with van der Waals surface area (Å²) in [7, 11) is 0. The lowest BCUT2D eigenvalue weighted by Gasteiger charge is -2.02. The Kier molecular flexibility index (Phi) is 25.1. The minimum Gasteiger partial charge on any atom is -0.300 e. The van der Waals surface area contributed by atoms with Gasteiger partial charge in [-0.3, -0.25) is 0 Å². The molecule has 0 rings (SSSR count). The summed E-state index contributed by atoms with van der Waals surface area (Å²) in [4.78, 5) is 9.44. The molecule has 1 atom stereocenters. The average Bonchev–Trinajstić information content (AvgIpc) is 2.07. The molecule has 0 aliphatic heterocycles. The van der Waals surface area contributed by atoms with Gasteiger partial charge in [0.15, 0.2) is 0 Å². The Morgan fingerprint density at radius 2 is 1.46 bits per heavy atom. The van der Waals surface area contributed by atoms with Gasteiger partial charge in [0, 0.05) is 0 Å². The Balaban J connectivity index is -0.000000142. The fourth-order valence-corrected chi connectivity index (χ4v) is 0.697. The normalized spacial score (nSPS) is 10.1. The van der Waals surface area contributed by atoms with E-state index in [9.17, 15) is 4.79 Å². The van der Waals surface area contributed by atoms with Crippen LogP contribution in [0.2, 0.25) is 0 Å². The summed E-state index contributed by atoms with van der Waals surface area (Å²) in [5, 5.41) is 0. The summed E-state index contributed by atoms with van der Waals surface area (Å²) < 4.78 is 0. The van der Waals surface area contributed by atoms with E-state index in [0.29, 0.717) is 0 Å². The molecule has 0 aliphatic rings. The van der Waals surface area contributed by atoms with Gasteiger partial charge in [0.05, 0.1) is 0 Å². The van der Waals surface area contributed by atoms with Gasteiger partial charge in [-0.1, -0.05) is 53.9 Å². The lowest BCUT2D eigenvalue weighted by Crippen LogP contribution is -1.88. The summed E-state index contributed by atoms with van der Waals surface area (Å²) in [6.45, 7) is 13.9. The van der Waals surface area contributed by atoms with Gasteiger partial charge in [-0.25, -0.2) is 0 Å². The number of carbonyl (C=O) groups is 1. The van der Waals surface area contributed by atoms with Crippen molar-refractivity contribution in [1.29, 1.82) is 0 Å². The highest BCUT2D eigenvalue weighted by Crippen LogP contribution is 2.07. The van der Waals surface area contributed by atoms with Crippen LogP contribution in [0.4, 0.5) is 0 Å². The van der Waals surface area contributed by atoms with E-state index in [2.05, 4.69) is 20.8 Å². The Morgan fingerprint density at radius 1 is 1.15 bits per heavy atom. The van der Waals surface area contributed by atoms with Crippen LogP contribution in [0.25, 0.3) is 0 Å². The molecule has 0 aliphatic carbocycles.